The summed E-state index contributed by atoms with van der Waals surface area (Å²) in [6, 6.07) is 3.64. The largest absolute Gasteiger partial charge is 0.384 e. The molecule has 0 saturated carbocycles. The Morgan fingerprint density at radius 1 is 1.47 bits per heavy atom. The first-order chi connectivity index (χ1) is 8.16. The Labute approximate surface area is 103 Å². The first kappa shape index (κ1) is 11.5. The fourth-order valence-electron chi connectivity index (χ4n) is 1.41. The fraction of sp³-hybridized carbons (Fsp3) is 0.182. The van der Waals surface area contributed by atoms with Gasteiger partial charge >= 0.3 is 0 Å². The lowest BCUT2D eigenvalue weighted by atomic mass is 10.2. The molecular weight excluding hydrogens is 234 g/mol. The van der Waals surface area contributed by atoms with Crippen molar-refractivity contribution in [3.05, 3.63) is 40.5 Å². The molecule has 88 valence electrons. The normalized spacial score (nSPS) is 10.2. The second-order valence-corrected chi connectivity index (χ2v) is 4.37. The van der Waals surface area contributed by atoms with Gasteiger partial charge in [0.2, 0.25) is 0 Å². The van der Waals surface area contributed by atoms with Crippen LogP contribution in [0.4, 0.5) is 5.82 Å². The molecule has 0 radical (unpaired) electrons. The Balaban J connectivity index is 2.09. The van der Waals surface area contributed by atoms with Gasteiger partial charge in [0.25, 0.3) is 0 Å². The minimum atomic E-state index is 0.0335. The molecule has 17 heavy (non-hydrogen) atoms. The lowest BCUT2D eigenvalue weighted by molar-refractivity contribution is 0.874. The van der Waals surface area contributed by atoms with Crippen LogP contribution in [-0.2, 0) is 6.54 Å². The molecule has 0 aliphatic carbocycles. The lowest BCUT2D eigenvalue weighted by Gasteiger charge is -2.16. The van der Waals surface area contributed by atoms with Crippen molar-refractivity contribution in [2.24, 2.45) is 5.73 Å². The van der Waals surface area contributed by atoms with E-state index in [9.17, 15) is 0 Å². The molecule has 0 amide bonds. The molecule has 3 N–H and O–H groups in total. The third-order valence-electron chi connectivity index (χ3n) is 2.33. The Bertz CT molecular complexity index is 491. The molecule has 2 aromatic rings. The number of nitrogens with zero attached hydrogens (tertiary/aromatic N) is 3. The number of hydrogen-bond acceptors (Lipinski definition) is 5. The van der Waals surface area contributed by atoms with E-state index in [1.54, 1.807) is 23.6 Å². The summed E-state index contributed by atoms with van der Waals surface area (Å²) in [5, 5.41) is 9.30. The van der Waals surface area contributed by atoms with E-state index in [-0.39, 0.29) is 5.84 Å². The number of nitrogens with two attached hydrogens (primary N) is 1. The van der Waals surface area contributed by atoms with Crippen molar-refractivity contribution < 1.29 is 0 Å². The molecule has 2 aromatic heterocycles. The smallest absolute Gasteiger partial charge is 0.128 e. The molecule has 0 bridgehead atoms. The van der Waals surface area contributed by atoms with Crippen molar-refractivity contribution in [1.82, 2.24) is 9.97 Å². The van der Waals surface area contributed by atoms with Crippen molar-refractivity contribution in [3.8, 4) is 0 Å². The summed E-state index contributed by atoms with van der Waals surface area (Å²) in [4.78, 5) is 10.5. The van der Waals surface area contributed by atoms with E-state index in [2.05, 4.69) is 9.97 Å². The topological polar surface area (TPSA) is 78.9 Å². The summed E-state index contributed by atoms with van der Waals surface area (Å²) < 4.78 is 0. The molecule has 6 heteroatoms. The van der Waals surface area contributed by atoms with Crippen LogP contribution in [0.5, 0.6) is 0 Å². The number of pyridine rings is 1. The van der Waals surface area contributed by atoms with Gasteiger partial charge in [-0.15, -0.1) is 11.3 Å². The molecule has 0 unspecified atom stereocenters. The van der Waals surface area contributed by atoms with E-state index in [4.69, 9.17) is 11.1 Å². The van der Waals surface area contributed by atoms with E-state index in [0.29, 0.717) is 5.56 Å². The first-order valence-electron chi connectivity index (χ1n) is 5.05. The van der Waals surface area contributed by atoms with Crippen LogP contribution in [0.15, 0.2) is 29.2 Å². The van der Waals surface area contributed by atoms with E-state index in [1.807, 2.05) is 28.9 Å². The number of nitrogens with one attached hydrogen (secondary N) is 1. The fourth-order valence-corrected chi connectivity index (χ4v) is 1.96. The minimum absolute atomic E-state index is 0.0335. The summed E-state index contributed by atoms with van der Waals surface area (Å²) in [5.41, 5.74) is 8.84. The second kappa shape index (κ2) is 4.92. The highest BCUT2D eigenvalue weighted by molar-refractivity contribution is 7.07. The van der Waals surface area contributed by atoms with E-state index < -0.39 is 0 Å². The predicted octanol–water partition coefficient (Wildman–Crippen LogP) is 1.46. The van der Waals surface area contributed by atoms with Crippen molar-refractivity contribution in [3.63, 3.8) is 0 Å². The van der Waals surface area contributed by atoms with Gasteiger partial charge in [-0.05, 0) is 12.1 Å². The molecule has 0 fully saturated rings. The van der Waals surface area contributed by atoms with Gasteiger partial charge in [0.15, 0.2) is 0 Å². The highest BCUT2D eigenvalue weighted by Crippen LogP contribution is 2.13. The molecule has 0 aliphatic rings. The van der Waals surface area contributed by atoms with Gasteiger partial charge in [0.1, 0.15) is 11.7 Å². The number of anilines is 1. The van der Waals surface area contributed by atoms with Crippen LogP contribution in [-0.4, -0.2) is 22.9 Å². The average molecular weight is 247 g/mol. The number of amidine groups is 1. The quantitative estimate of drug-likeness (QED) is 0.633. The first-order valence-corrected chi connectivity index (χ1v) is 6.00. The maximum Gasteiger partial charge on any atom is 0.128 e. The van der Waals surface area contributed by atoms with Gasteiger partial charge in [-0.3, -0.25) is 5.41 Å². The Morgan fingerprint density at radius 3 is 2.82 bits per heavy atom. The van der Waals surface area contributed by atoms with Gasteiger partial charge in [-0.25, -0.2) is 9.97 Å². The predicted molar refractivity (Wildman–Crippen MR) is 69.5 cm³/mol. The van der Waals surface area contributed by atoms with Crippen LogP contribution >= 0.6 is 11.3 Å². The number of nitrogen functional groups attached to an aromatic ring is 1. The van der Waals surface area contributed by atoms with Crippen molar-refractivity contribution in [2.45, 2.75) is 6.54 Å². The highest BCUT2D eigenvalue weighted by Gasteiger charge is 2.05. The van der Waals surface area contributed by atoms with Crippen molar-refractivity contribution >= 4 is 23.0 Å². The molecule has 2 rings (SSSR count). The van der Waals surface area contributed by atoms with Crippen LogP contribution in [0.1, 0.15) is 11.3 Å². The van der Waals surface area contributed by atoms with E-state index in [1.165, 1.54) is 0 Å². The molecule has 0 spiro atoms. The molecule has 0 aliphatic heterocycles. The molecule has 5 nitrogen and oxygen atoms in total. The second-order valence-electron chi connectivity index (χ2n) is 3.65. The van der Waals surface area contributed by atoms with E-state index >= 15 is 0 Å². The Kier molecular flexibility index (Phi) is 3.34. The zero-order valence-electron chi connectivity index (χ0n) is 9.42. The van der Waals surface area contributed by atoms with Gasteiger partial charge in [0, 0.05) is 24.2 Å². The summed E-state index contributed by atoms with van der Waals surface area (Å²) in [6.07, 6.45) is 1.61. The van der Waals surface area contributed by atoms with Crippen LogP contribution in [0.25, 0.3) is 0 Å². The molecule has 2 heterocycles. The number of rotatable bonds is 4. The van der Waals surface area contributed by atoms with Gasteiger partial charge in [0.05, 0.1) is 17.7 Å². The summed E-state index contributed by atoms with van der Waals surface area (Å²) in [7, 11) is 1.95. The van der Waals surface area contributed by atoms with Crippen LogP contribution in [0.2, 0.25) is 0 Å². The number of aromatic nitrogens is 2. The van der Waals surface area contributed by atoms with Crippen molar-refractivity contribution in [1.29, 1.82) is 5.41 Å². The third kappa shape index (κ3) is 2.79. The zero-order valence-corrected chi connectivity index (χ0v) is 10.2. The number of hydrogen-bond donors (Lipinski definition) is 2. The third-order valence-corrected chi connectivity index (χ3v) is 2.97. The number of thiazole rings is 1. The van der Waals surface area contributed by atoms with Gasteiger partial charge in [-0.2, -0.15) is 0 Å². The van der Waals surface area contributed by atoms with Crippen LogP contribution in [0.3, 0.4) is 0 Å². The molecule has 0 aromatic carbocycles. The lowest BCUT2D eigenvalue weighted by Crippen LogP contribution is -2.18. The molecule has 0 atom stereocenters. The molecular formula is C11H13N5S. The van der Waals surface area contributed by atoms with Crippen LogP contribution < -0.4 is 10.6 Å². The molecule has 0 saturated heterocycles. The SMILES string of the molecule is CN(Cc1cscn1)c1ccc(C(=N)N)cn1. The maximum atomic E-state index is 7.29. The minimum Gasteiger partial charge on any atom is -0.384 e. The van der Waals surface area contributed by atoms with Gasteiger partial charge in [-0.1, -0.05) is 0 Å². The van der Waals surface area contributed by atoms with Gasteiger partial charge < -0.3 is 10.6 Å². The average Bonchev–Trinajstić information content (AvgIpc) is 2.82. The monoisotopic (exact) mass is 247 g/mol. The summed E-state index contributed by atoms with van der Waals surface area (Å²) >= 11 is 1.58. The van der Waals surface area contributed by atoms with Crippen molar-refractivity contribution in [2.75, 3.05) is 11.9 Å². The van der Waals surface area contributed by atoms with E-state index in [0.717, 1.165) is 18.1 Å². The highest BCUT2D eigenvalue weighted by atomic mass is 32.1. The van der Waals surface area contributed by atoms with Crippen LogP contribution in [0, 0.1) is 5.41 Å². The Morgan fingerprint density at radius 2 is 2.29 bits per heavy atom. The summed E-state index contributed by atoms with van der Waals surface area (Å²) in [6.45, 7) is 0.718. The maximum absolute atomic E-state index is 7.29. The Hall–Kier alpha value is -1.95. The summed E-state index contributed by atoms with van der Waals surface area (Å²) in [5.74, 6) is 0.870. The standard InChI is InChI=1S/C11H13N5S/c1-16(5-9-6-17-7-15-9)10-3-2-8(4-14-10)11(12)13/h2-4,6-7H,5H2,1H3,(H3,12,13). The zero-order chi connectivity index (χ0) is 12.3.